The van der Waals surface area contributed by atoms with Gasteiger partial charge in [0.2, 0.25) is 0 Å². The number of ketones is 1. The van der Waals surface area contributed by atoms with Crippen LogP contribution < -0.4 is 24.2 Å². The number of halogens is 3. The van der Waals surface area contributed by atoms with E-state index in [0.29, 0.717) is 20.3 Å². The first-order valence-corrected chi connectivity index (χ1v) is 9.26. The second-order valence-electron chi connectivity index (χ2n) is 5.59. The number of benzene rings is 1. The topological polar surface area (TPSA) is 81.3 Å². The lowest BCUT2D eigenvalue weighted by atomic mass is 10.2. The van der Waals surface area contributed by atoms with Crippen LogP contribution in [-0.2, 0) is 0 Å². The molecule has 0 radical (unpaired) electrons. The number of carbonyl (C=O) groups is 1. The molecule has 1 N–H and O–H groups in total. The highest BCUT2D eigenvalue weighted by Crippen LogP contribution is 2.37. The molecule has 0 atom stereocenters. The van der Waals surface area contributed by atoms with Gasteiger partial charge in [-0.15, -0.1) is 11.3 Å². The number of carbonyl (C=O) groups excluding carboxylic acids is 1. The van der Waals surface area contributed by atoms with Crippen LogP contribution in [0.2, 0.25) is 5.02 Å². The van der Waals surface area contributed by atoms with Gasteiger partial charge in [-0.1, -0.05) is 11.6 Å². The van der Waals surface area contributed by atoms with E-state index in [1.54, 1.807) is 12.1 Å². The molecule has 3 rings (SSSR count). The third kappa shape index (κ3) is 5.07. The molecule has 6 nitrogen and oxygen atoms in total. The molecule has 0 aliphatic rings. The van der Waals surface area contributed by atoms with Gasteiger partial charge in [0.15, 0.2) is 17.3 Å². The van der Waals surface area contributed by atoms with Crippen LogP contribution in [0, 0.1) is 0 Å². The van der Waals surface area contributed by atoms with Crippen molar-refractivity contribution < 1.29 is 23.0 Å². The maximum atomic E-state index is 12.5. The molecule has 0 aliphatic heterocycles. The fourth-order valence-corrected chi connectivity index (χ4v) is 3.57. The molecule has 0 spiro atoms. The summed E-state index contributed by atoms with van der Waals surface area (Å²) in [7, 11) is 1.28. The van der Waals surface area contributed by atoms with Crippen molar-refractivity contribution >= 4 is 40.9 Å². The number of hydrogen-bond acceptors (Lipinski definition) is 6. The Kier molecular flexibility index (Phi) is 6.40. The number of aromatic nitrogens is 2. The van der Waals surface area contributed by atoms with Gasteiger partial charge < -0.3 is 14.5 Å². The van der Waals surface area contributed by atoms with Gasteiger partial charge in [0.05, 0.1) is 21.3 Å². The molecule has 2 heterocycles. The Morgan fingerprint density at radius 3 is 2.69 bits per heavy atom. The summed E-state index contributed by atoms with van der Waals surface area (Å²) in [5, 5.41) is -0.0939. The van der Waals surface area contributed by atoms with Gasteiger partial charge in [-0.25, -0.2) is 0 Å². The van der Waals surface area contributed by atoms with Crippen LogP contribution in [0.5, 0.6) is 11.5 Å². The average Bonchev–Trinajstić information content (AvgIpc) is 3.02. The summed E-state index contributed by atoms with van der Waals surface area (Å²) in [6.07, 6.45) is 5.80. The first kappa shape index (κ1) is 20.7. The summed E-state index contributed by atoms with van der Waals surface area (Å²) >= 11 is 7.07. The second-order valence-corrected chi connectivity index (χ2v) is 7.08. The van der Waals surface area contributed by atoms with Crippen molar-refractivity contribution in [3.8, 4) is 11.5 Å². The van der Waals surface area contributed by atoms with Crippen molar-refractivity contribution in [3.05, 3.63) is 72.4 Å². The van der Waals surface area contributed by atoms with E-state index < -0.39 is 12.2 Å². The Hall–Kier alpha value is -3.04. The van der Waals surface area contributed by atoms with Gasteiger partial charge in [-0.3, -0.25) is 14.6 Å². The van der Waals surface area contributed by atoms with Gasteiger partial charge in [-0.2, -0.15) is 8.78 Å². The summed E-state index contributed by atoms with van der Waals surface area (Å²) < 4.78 is 35.1. The first-order valence-electron chi connectivity index (χ1n) is 8.06. The first-order chi connectivity index (χ1) is 13.9. The number of methoxy groups -OCH3 is 1. The maximum Gasteiger partial charge on any atom is 0.387 e. The molecule has 0 fully saturated rings. The molecule has 0 unspecified atom stereocenters. The van der Waals surface area contributed by atoms with Crippen molar-refractivity contribution in [1.82, 2.24) is 9.97 Å². The number of hydrogen-bond donors (Lipinski definition) is 1. The summed E-state index contributed by atoms with van der Waals surface area (Å²) in [6.45, 7) is -3.06. The number of rotatable bonds is 6. The monoisotopic (exact) mass is 438 g/mol. The number of nitrogens with zero attached hydrogens (tertiary/aromatic N) is 1. The molecule has 10 heteroatoms. The molecule has 0 bridgehead atoms. The van der Waals surface area contributed by atoms with Gasteiger partial charge in [0.25, 0.3) is 5.56 Å². The Morgan fingerprint density at radius 2 is 2.03 bits per heavy atom. The minimum absolute atomic E-state index is 0.00307. The van der Waals surface area contributed by atoms with Crippen molar-refractivity contribution in [2.75, 3.05) is 7.11 Å². The second kappa shape index (κ2) is 8.97. The van der Waals surface area contributed by atoms with E-state index in [1.807, 2.05) is 0 Å². The zero-order valence-electron chi connectivity index (χ0n) is 14.8. The Balaban J connectivity index is 2.00. The summed E-state index contributed by atoms with van der Waals surface area (Å²) in [4.78, 5) is 30.9. The normalized spacial score (nSPS) is 12.4. The van der Waals surface area contributed by atoms with Crippen LogP contribution in [0.25, 0.3) is 12.2 Å². The molecule has 0 saturated carbocycles. The standard InChI is InChI=1S/C19H13ClF2N2O4S/c1-27-14-7-10(6-12(20)17(14)28-19(21)22)8-15-18(26)24-16(29-15)9-13(25)11-2-4-23-5-3-11/h2-9,19H,1H3,(H,24,26). The molecular formula is C19H13ClF2N2O4S. The summed E-state index contributed by atoms with van der Waals surface area (Å²) in [6, 6.07) is 5.91. The Labute approximate surface area is 171 Å². The number of thiazole rings is 1. The molecule has 2 aromatic heterocycles. The van der Waals surface area contributed by atoms with E-state index >= 15 is 0 Å². The number of Topliss-reactive ketones (excluding diaryl/α,β-unsaturated/α-hetero) is 1. The molecule has 0 aliphatic carbocycles. The minimum atomic E-state index is -3.06. The predicted octanol–water partition coefficient (Wildman–Crippen LogP) is 2.59. The van der Waals surface area contributed by atoms with Crippen LogP contribution in [0.15, 0.2) is 41.5 Å². The maximum absolute atomic E-state index is 12.5. The van der Waals surface area contributed by atoms with Crippen molar-refractivity contribution in [2.45, 2.75) is 6.61 Å². The van der Waals surface area contributed by atoms with Crippen LogP contribution in [0.3, 0.4) is 0 Å². The quantitative estimate of drug-likeness (QED) is 0.598. The average molecular weight is 439 g/mol. The number of pyridine rings is 1. The lowest BCUT2D eigenvalue weighted by Gasteiger charge is -2.12. The predicted molar refractivity (Wildman–Crippen MR) is 105 cm³/mol. The van der Waals surface area contributed by atoms with E-state index in [0.717, 1.165) is 11.3 Å². The number of ether oxygens (including phenoxy) is 2. The highest BCUT2D eigenvalue weighted by atomic mass is 35.5. The van der Waals surface area contributed by atoms with E-state index in [-0.39, 0.29) is 22.3 Å². The lowest BCUT2D eigenvalue weighted by molar-refractivity contribution is -0.0511. The zero-order chi connectivity index (χ0) is 21.0. The van der Waals surface area contributed by atoms with Gasteiger partial charge in [-0.05, 0) is 35.9 Å². The van der Waals surface area contributed by atoms with E-state index in [4.69, 9.17) is 16.3 Å². The zero-order valence-corrected chi connectivity index (χ0v) is 16.4. The van der Waals surface area contributed by atoms with Crippen molar-refractivity contribution in [3.63, 3.8) is 0 Å². The Morgan fingerprint density at radius 1 is 1.31 bits per heavy atom. The largest absolute Gasteiger partial charge is 0.493 e. The Bertz CT molecular complexity index is 1210. The van der Waals surface area contributed by atoms with Crippen LogP contribution in [0.1, 0.15) is 15.9 Å². The van der Waals surface area contributed by atoms with Gasteiger partial charge in [0, 0.05) is 24.0 Å². The molecule has 150 valence electrons. The summed E-state index contributed by atoms with van der Waals surface area (Å²) in [5.74, 6) is -0.579. The number of H-pyrrole nitrogens is 1. The minimum Gasteiger partial charge on any atom is -0.493 e. The third-order valence-corrected chi connectivity index (χ3v) is 4.91. The SMILES string of the molecule is COc1cc(C=c2sc(=CC(=O)c3ccncc3)[nH]c2=O)cc(Cl)c1OC(F)F. The third-order valence-electron chi connectivity index (χ3n) is 3.66. The van der Waals surface area contributed by atoms with E-state index in [2.05, 4.69) is 14.7 Å². The molecule has 3 aromatic rings. The van der Waals surface area contributed by atoms with Crippen LogP contribution in [0.4, 0.5) is 8.78 Å². The smallest absolute Gasteiger partial charge is 0.387 e. The molecule has 0 amide bonds. The van der Waals surface area contributed by atoms with E-state index in [9.17, 15) is 18.4 Å². The fraction of sp³-hybridized carbons (Fsp3) is 0.105. The van der Waals surface area contributed by atoms with E-state index in [1.165, 1.54) is 43.8 Å². The lowest BCUT2D eigenvalue weighted by Crippen LogP contribution is -2.20. The molecule has 1 aromatic carbocycles. The molecule has 29 heavy (non-hydrogen) atoms. The molecular weight excluding hydrogens is 426 g/mol. The number of nitrogens with one attached hydrogen (secondary N) is 1. The van der Waals surface area contributed by atoms with Gasteiger partial charge >= 0.3 is 6.61 Å². The fourth-order valence-electron chi connectivity index (χ4n) is 2.42. The number of aromatic amines is 1. The van der Waals surface area contributed by atoms with Crippen molar-refractivity contribution in [1.29, 1.82) is 0 Å². The number of alkyl halides is 2. The molecule has 0 saturated heterocycles. The van der Waals surface area contributed by atoms with Crippen LogP contribution in [-0.4, -0.2) is 29.5 Å². The highest BCUT2D eigenvalue weighted by Gasteiger charge is 2.16. The highest BCUT2D eigenvalue weighted by molar-refractivity contribution is 7.07. The summed E-state index contributed by atoms with van der Waals surface area (Å²) in [5.41, 5.74) is 0.463. The van der Waals surface area contributed by atoms with Crippen LogP contribution >= 0.6 is 22.9 Å². The van der Waals surface area contributed by atoms with Crippen molar-refractivity contribution in [2.24, 2.45) is 0 Å². The van der Waals surface area contributed by atoms with Gasteiger partial charge in [0.1, 0.15) is 0 Å².